The van der Waals surface area contributed by atoms with Crippen molar-refractivity contribution in [2.24, 2.45) is 5.92 Å². The summed E-state index contributed by atoms with van der Waals surface area (Å²) in [5, 5.41) is 4.10. The lowest BCUT2D eigenvalue weighted by Gasteiger charge is -2.40. The molecule has 7 nitrogen and oxygen atoms in total. The van der Waals surface area contributed by atoms with Crippen LogP contribution in [0.1, 0.15) is 24.5 Å². The summed E-state index contributed by atoms with van der Waals surface area (Å²) in [4.78, 5) is 32.2. The lowest BCUT2D eigenvalue weighted by Crippen LogP contribution is -2.51. The van der Waals surface area contributed by atoms with E-state index < -0.39 is 0 Å². The summed E-state index contributed by atoms with van der Waals surface area (Å²) in [6.45, 7) is 8.90. The zero-order valence-electron chi connectivity index (χ0n) is 20.9. The Labute approximate surface area is 202 Å². The highest BCUT2D eigenvalue weighted by Crippen LogP contribution is 2.41. The van der Waals surface area contributed by atoms with Crippen LogP contribution >= 0.6 is 0 Å². The molecule has 1 N–H and O–H groups in total. The molecule has 2 atom stereocenters. The second-order valence-electron chi connectivity index (χ2n) is 9.67. The number of urea groups is 1. The maximum atomic E-state index is 13.7. The normalized spacial score (nSPS) is 19.6. The average Bonchev–Trinajstić information content (AvgIpc) is 3.15. The fourth-order valence-electron chi connectivity index (χ4n) is 5.38. The molecule has 1 aromatic heterocycles. The van der Waals surface area contributed by atoms with E-state index in [9.17, 15) is 9.59 Å². The number of rotatable bonds is 8. The molecule has 2 heterocycles. The number of aromatic nitrogens is 1. The zero-order chi connectivity index (χ0) is 24.4. The Hall–Kier alpha value is -2.90. The van der Waals surface area contributed by atoms with Gasteiger partial charge in [0.25, 0.3) is 0 Å². The van der Waals surface area contributed by atoms with Gasteiger partial charge in [0.05, 0.1) is 5.92 Å². The number of likely N-dealkylation sites (N-methyl/N-ethyl adjacent to an activating group) is 1. The van der Waals surface area contributed by atoms with Gasteiger partial charge < -0.3 is 14.8 Å². The summed E-state index contributed by atoms with van der Waals surface area (Å²) < 4.78 is 2.25. The van der Waals surface area contributed by atoms with Crippen molar-refractivity contribution in [3.8, 4) is 0 Å². The van der Waals surface area contributed by atoms with Crippen molar-refractivity contribution >= 4 is 28.4 Å². The third-order valence-electron chi connectivity index (χ3n) is 6.93. The Balaban J connectivity index is 1.68. The minimum atomic E-state index is -0.356. The molecular weight excluding hydrogens is 426 g/mol. The molecule has 7 heteroatoms. The molecule has 2 aliphatic rings. The molecular formula is C27H37N5O2. The Morgan fingerprint density at radius 3 is 2.76 bits per heavy atom. The van der Waals surface area contributed by atoms with E-state index in [1.165, 1.54) is 32.5 Å². The minimum Gasteiger partial charge on any atom is -0.343 e. The monoisotopic (exact) mass is 463 g/mol. The molecule has 0 saturated heterocycles. The Morgan fingerprint density at radius 1 is 1.26 bits per heavy atom. The van der Waals surface area contributed by atoms with Gasteiger partial charge in [-0.3, -0.25) is 14.6 Å². The van der Waals surface area contributed by atoms with Gasteiger partial charge in [0.15, 0.2) is 0 Å². The third kappa shape index (κ3) is 4.55. The minimum absolute atomic E-state index is 0.121. The molecule has 1 aliphatic carbocycles. The second kappa shape index (κ2) is 10.2. The first-order chi connectivity index (χ1) is 16.3. The van der Waals surface area contributed by atoms with Crippen LogP contribution in [0.15, 0.2) is 43.1 Å². The molecule has 1 aliphatic heterocycles. The van der Waals surface area contributed by atoms with Crippen molar-refractivity contribution < 1.29 is 9.59 Å². The van der Waals surface area contributed by atoms with Gasteiger partial charge in [-0.05, 0) is 70.2 Å². The van der Waals surface area contributed by atoms with Crippen molar-refractivity contribution in [3.05, 3.63) is 54.3 Å². The molecule has 0 spiro atoms. The number of hydrogen-bond donors (Lipinski definition) is 1. The number of carbonyl (C=O) groups excluding carboxylic acids is 2. The smallest absolute Gasteiger partial charge is 0.324 e. The molecule has 0 radical (unpaired) electrons. The molecule has 34 heavy (non-hydrogen) atoms. The molecule has 2 aromatic rings. The maximum absolute atomic E-state index is 13.7. The molecule has 0 saturated carbocycles. The largest absolute Gasteiger partial charge is 0.343 e. The van der Waals surface area contributed by atoms with E-state index in [1.54, 1.807) is 0 Å². The Morgan fingerprint density at radius 2 is 2.06 bits per heavy atom. The van der Waals surface area contributed by atoms with Crippen LogP contribution in [0.4, 0.5) is 4.79 Å². The van der Waals surface area contributed by atoms with E-state index in [2.05, 4.69) is 63.8 Å². The van der Waals surface area contributed by atoms with Gasteiger partial charge in [0.1, 0.15) is 0 Å². The summed E-state index contributed by atoms with van der Waals surface area (Å²) >= 11 is 0. The highest BCUT2D eigenvalue weighted by atomic mass is 16.2. The van der Waals surface area contributed by atoms with Crippen molar-refractivity contribution in [2.75, 3.05) is 47.3 Å². The molecule has 3 amide bonds. The number of nitrogens with one attached hydrogen (secondary N) is 1. The van der Waals surface area contributed by atoms with E-state index in [1.807, 2.05) is 27.1 Å². The standard InChI is InChI=1S/C27H37N5O2/c1-6-12-31-18-19-16-24-22(21-10-8-11-23(31)25(19)21)15-20(17-30(24)5)26(33)32(27(34)28-7-2)14-9-13-29(3)4/h6,8,10-11,15,18,20,24H,1,7,9,12-14,16-17H2,2-5H3,(H,28,34)/t20?,24-/m1/s1. The summed E-state index contributed by atoms with van der Waals surface area (Å²) in [7, 11) is 6.09. The highest BCUT2D eigenvalue weighted by molar-refractivity contribution is 6.01. The maximum Gasteiger partial charge on any atom is 0.324 e. The topological polar surface area (TPSA) is 60.8 Å². The lowest BCUT2D eigenvalue weighted by molar-refractivity contribution is -0.131. The van der Waals surface area contributed by atoms with Gasteiger partial charge >= 0.3 is 6.03 Å². The van der Waals surface area contributed by atoms with Crippen LogP contribution in [-0.2, 0) is 17.8 Å². The van der Waals surface area contributed by atoms with E-state index in [-0.39, 0.29) is 23.9 Å². The Kier molecular flexibility index (Phi) is 7.24. The first-order valence-corrected chi connectivity index (χ1v) is 12.2. The van der Waals surface area contributed by atoms with E-state index >= 15 is 0 Å². The summed E-state index contributed by atoms with van der Waals surface area (Å²) in [5.41, 5.74) is 4.95. The van der Waals surface area contributed by atoms with E-state index in [0.717, 1.165) is 25.9 Å². The second-order valence-corrected chi connectivity index (χ2v) is 9.67. The molecule has 4 rings (SSSR count). The molecule has 1 aromatic carbocycles. The van der Waals surface area contributed by atoms with Gasteiger partial charge in [-0.25, -0.2) is 4.79 Å². The molecule has 0 fully saturated rings. The van der Waals surface area contributed by atoms with Crippen LogP contribution in [0.3, 0.4) is 0 Å². The van der Waals surface area contributed by atoms with Crippen molar-refractivity contribution in [1.29, 1.82) is 0 Å². The van der Waals surface area contributed by atoms with Crippen molar-refractivity contribution in [3.63, 3.8) is 0 Å². The quantitative estimate of drug-likeness (QED) is 0.611. The van der Waals surface area contributed by atoms with Crippen molar-refractivity contribution in [1.82, 2.24) is 24.6 Å². The van der Waals surface area contributed by atoms with Gasteiger partial charge in [0, 0.05) is 49.3 Å². The van der Waals surface area contributed by atoms with E-state index in [4.69, 9.17) is 0 Å². The Bertz CT molecular complexity index is 1120. The number of hydrogen-bond acceptors (Lipinski definition) is 4. The van der Waals surface area contributed by atoms with Crippen molar-refractivity contribution in [2.45, 2.75) is 32.4 Å². The first kappa shape index (κ1) is 24.2. The van der Waals surface area contributed by atoms with Gasteiger partial charge in [-0.2, -0.15) is 0 Å². The first-order valence-electron chi connectivity index (χ1n) is 12.2. The van der Waals surface area contributed by atoms with Crippen LogP contribution in [0.5, 0.6) is 0 Å². The van der Waals surface area contributed by atoms with Crippen LogP contribution < -0.4 is 5.32 Å². The van der Waals surface area contributed by atoms with Crippen LogP contribution in [0, 0.1) is 5.92 Å². The number of nitrogens with zero attached hydrogens (tertiary/aromatic N) is 4. The van der Waals surface area contributed by atoms with E-state index in [0.29, 0.717) is 19.6 Å². The molecule has 0 bridgehead atoms. The number of allylic oxidation sites excluding steroid dienone is 1. The third-order valence-corrected chi connectivity index (χ3v) is 6.93. The number of benzene rings is 1. The van der Waals surface area contributed by atoms with Crippen LogP contribution in [-0.4, -0.2) is 84.6 Å². The van der Waals surface area contributed by atoms with Gasteiger partial charge in [-0.15, -0.1) is 6.58 Å². The fraction of sp³-hybridized carbons (Fsp3) is 0.481. The molecule has 1 unspecified atom stereocenters. The fourth-order valence-corrected chi connectivity index (χ4v) is 5.38. The van der Waals surface area contributed by atoms with Crippen LogP contribution in [0.2, 0.25) is 0 Å². The SMILES string of the molecule is C=CCn1cc2c3c(cccc31)C1=CC(C(=O)N(CCCN(C)C)C(=O)NCC)CN(C)[C@@H]1C2. The highest BCUT2D eigenvalue weighted by Gasteiger charge is 2.38. The van der Waals surface area contributed by atoms with Crippen LogP contribution in [0.25, 0.3) is 16.5 Å². The molecule has 182 valence electrons. The predicted molar refractivity (Wildman–Crippen MR) is 138 cm³/mol. The zero-order valence-corrected chi connectivity index (χ0v) is 20.9. The lowest BCUT2D eigenvalue weighted by atomic mass is 9.79. The van der Waals surface area contributed by atoms with Gasteiger partial charge in [0.2, 0.25) is 5.91 Å². The average molecular weight is 464 g/mol. The number of amides is 3. The van der Waals surface area contributed by atoms with Gasteiger partial charge in [-0.1, -0.05) is 24.3 Å². The summed E-state index contributed by atoms with van der Waals surface area (Å²) in [6, 6.07) is 6.35. The number of carbonyl (C=O) groups is 2. The predicted octanol–water partition coefficient (Wildman–Crippen LogP) is 3.21. The number of imide groups is 1. The summed E-state index contributed by atoms with van der Waals surface area (Å²) in [5.74, 6) is -0.477. The number of fused-ring (bicyclic) bond motifs is 2. The summed E-state index contributed by atoms with van der Waals surface area (Å²) in [6.07, 6.45) is 7.97.